The van der Waals surface area contributed by atoms with Gasteiger partial charge in [0.2, 0.25) is 5.91 Å². The van der Waals surface area contributed by atoms with E-state index in [0.29, 0.717) is 5.56 Å². The molecule has 0 saturated carbocycles. The van der Waals surface area contributed by atoms with E-state index < -0.39 is 38.5 Å². The van der Waals surface area contributed by atoms with Crippen LogP contribution in [0.3, 0.4) is 0 Å². The monoisotopic (exact) mass is 408 g/mol. The molecule has 1 N–H and O–H groups in total. The van der Waals surface area contributed by atoms with Gasteiger partial charge in [-0.15, -0.1) is 11.8 Å². The van der Waals surface area contributed by atoms with E-state index in [1.165, 1.54) is 22.9 Å². The minimum absolute atomic E-state index is 0. The van der Waals surface area contributed by atoms with Gasteiger partial charge in [0, 0.05) is 22.7 Å². The number of halogens is 1. The number of aromatic nitrogens is 1. The number of aliphatic hydroxyl groups excluding tert-OH is 1. The van der Waals surface area contributed by atoms with Crippen LogP contribution in [0.25, 0.3) is 0 Å². The molecule has 3 rings (SSSR count). The first-order valence-corrected chi connectivity index (χ1v) is 8.37. The summed E-state index contributed by atoms with van der Waals surface area (Å²) in [6, 6.07) is 2.34. The molecule has 1 amide bonds. The number of aliphatic carboxylic acids is 1. The van der Waals surface area contributed by atoms with Gasteiger partial charge in [0.05, 0.1) is 12.0 Å². The van der Waals surface area contributed by atoms with E-state index in [0.717, 1.165) is 0 Å². The number of carboxylic acids is 1. The number of hydrogen-bond donors (Lipinski definition) is 1. The van der Waals surface area contributed by atoms with Gasteiger partial charge in [0.25, 0.3) is 0 Å². The molecule has 6 nitrogen and oxygen atoms in total. The van der Waals surface area contributed by atoms with Crippen molar-refractivity contribution in [3.8, 4) is 0 Å². The normalized spacial score (nSPS) is 32.5. The molecular weight excluding hydrogens is 395 g/mol. The van der Waals surface area contributed by atoms with Crippen LogP contribution in [0.1, 0.15) is 25.5 Å². The van der Waals surface area contributed by atoms with Gasteiger partial charge in [-0.1, -0.05) is 22.0 Å². The Bertz CT molecular complexity index is 647. The number of carbonyl (C=O) groups is 2. The van der Waals surface area contributed by atoms with Crippen LogP contribution in [0, 0.1) is 0 Å². The number of fused-ring (bicyclic) bond motifs is 1. The van der Waals surface area contributed by atoms with Crippen LogP contribution in [0.4, 0.5) is 0 Å². The van der Waals surface area contributed by atoms with Crippen molar-refractivity contribution in [3.63, 3.8) is 0 Å². The number of aliphatic hydroxyl groups is 1. The summed E-state index contributed by atoms with van der Waals surface area (Å²) < 4.78 is -1.94. The number of alkyl halides is 1. The molecule has 2 saturated heterocycles. The van der Waals surface area contributed by atoms with Gasteiger partial charge in [-0.05, 0) is 19.9 Å². The smallest absolute Gasteiger partial charge is 0.548 e. The third-order valence-corrected chi connectivity index (χ3v) is 7.31. The summed E-state index contributed by atoms with van der Waals surface area (Å²) in [6.45, 7) is 3.52. The second-order valence-corrected chi connectivity index (χ2v) is 9.01. The molecule has 1 aromatic heterocycles. The third-order valence-electron chi connectivity index (χ3n) is 4.15. The van der Waals surface area contributed by atoms with Crippen molar-refractivity contribution >= 4 is 39.6 Å². The Labute approximate surface area is 168 Å². The van der Waals surface area contributed by atoms with E-state index in [1.54, 1.807) is 32.2 Å². The summed E-state index contributed by atoms with van der Waals surface area (Å²) >= 11 is 4.71. The number of pyridine rings is 1. The second-order valence-electron chi connectivity index (χ2n) is 5.96. The first kappa shape index (κ1) is 19.2. The molecule has 2 aliphatic rings. The number of nitrogens with zero attached hydrogens (tertiary/aromatic N) is 2. The molecule has 9 heteroatoms. The first-order chi connectivity index (χ1) is 10.2. The Morgan fingerprint density at radius 1 is 1.57 bits per heavy atom. The Kier molecular flexibility index (Phi) is 5.27. The van der Waals surface area contributed by atoms with Crippen LogP contribution in [0.2, 0.25) is 0 Å². The SMILES string of the molecule is CC1(C)S[C@H]2N(C(=O)[C@]2(Br)C(O)c2cccnc2)[C@H]1C(=O)[O-].[Na+]. The molecule has 118 valence electrons. The molecule has 2 fully saturated rings. The second kappa shape index (κ2) is 6.31. The van der Waals surface area contributed by atoms with Crippen molar-refractivity contribution < 1.29 is 49.4 Å². The number of carbonyl (C=O) groups excluding carboxylic acids is 2. The van der Waals surface area contributed by atoms with Crippen LogP contribution in [0.15, 0.2) is 24.5 Å². The number of β-lactam (4-membered cyclic amide) rings is 1. The third kappa shape index (κ3) is 2.67. The van der Waals surface area contributed by atoms with Crippen molar-refractivity contribution in [1.29, 1.82) is 0 Å². The fourth-order valence-corrected chi connectivity index (χ4v) is 5.67. The van der Waals surface area contributed by atoms with Crippen molar-refractivity contribution in [2.75, 3.05) is 0 Å². The maximum atomic E-state index is 12.6. The molecule has 23 heavy (non-hydrogen) atoms. The van der Waals surface area contributed by atoms with Crippen molar-refractivity contribution in [1.82, 2.24) is 9.88 Å². The molecule has 0 spiro atoms. The molecule has 2 aliphatic heterocycles. The van der Waals surface area contributed by atoms with Crippen LogP contribution >= 0.6 is 27.7 Å². The van der Waals surface area contributed by atoms with Crippen LogP contribution in [0.5, 0.6) is 0 Å². The van der Waals surface area contributed by atoms with E-state index in [2.05, 4.69) is 20.9 Å². The first-order valence-electron chi connectivity index (χ1n) is 6.69. The Balaban J connectivity index is 0.00000192. The average Bonchev–Trinajstić information content (AvgIpc) is 2.76. The van der Waals surface area contributed by atoms with Crippen LogP contribution < -0.4 is 34.7 Å². The zero-order valence-corrected chi connectivity index (χ0v) is 17.3. The molecule has 4 atom stereocenters. The number of carboxylic acid groups (broad SMARTS) is 1. The van der Waals surface area contributed by atoms with Gasteiger partial charge in [0.15, 0.2) is 4.32 Å². The molecule has 0 radical (unpaired) electrons. The maximum absolute atomic E-state index is 12.6. The number of thioether (sulfide) groups is 1. The minimum atomic E-state index is -1.28. The maximum Gasteiger partial charge on any atom is 1.00 e. The fourth-order valence-electron chi connectivity index (χ4n) is 3.06. The number of hydrogen-bond acceptors (Lipinski definition) is 6. The quantitative estimate of drug-likeness (QED) is 0.327. The Morgan fingerprint density at radius 3 is 2.74 bits per heavy atom. The van der Waals surface area contributed by atoms with Crippen molar-refractivity contribution in [2.24, 2.45) is 0 Å². The summed E-state index contributed by atoms with van der Waals surface area (Å²) in [6.07, 6.45) is 1.95. The predicted octanol–water partition coefficient (Wildman–Crippen LogP) is -2.94. The van der Waals surface area contributed by atoms with Gasteiger partial charge in [-0.3, -0.25) is 9.78 Å². The average molecular weight is 409 g/mol. The minimum Gasteiger partial charge on any atom is -0.548 e. The predicted molar refractivity (Wildman–Crippen MR) is 82.0 cm³/mol. The van der Waals surface area contributed by atoms with Gasteiger partial charge >= 0.3 is 29.6 Å². The Hall–Kier alpha value is -0.120. The summed E-state index contributed by atoms with van der Waals surface area (Å²) in [5, 5.41) is 21.5. The molecule has 0 aliphatic carbocycles. The molecule has 1 unspecified atom stereocenters. The van der Waals surface area contributed by atoms with Gasteiger partial charge in [-0.25, -0.2) is 0 Å². The van der Waals surface area contributed by atoms with Crippen molar-refractivity contribution in [2.45, 2.75) is 40.4 Å². The molecule has 3 heterocycles. The zero-order valence-electron chi connectivity index (χ0n) is 12.9. The molecule has 0 aromatic carbocycles. The standard InChI is InChI=1S/C14H15BrN2O4S.Na/c1-13(2)8(10(19)20)17-11(21)14(15,12(17)22-13)9(18)7-4-3-5-16-6-7;/h3-6,8-9,12,18H,1-2H3,(H,19,20);/q;+1/p-1/t8-,9?,12+,14+;/m0./s1. The summed E-state index contributed by atoms with van der Waals surface area (Å²) in [5.41, 5.74) is 0.502. The van der Waals surface area contributed by atoms with Crippen molar-refractivity contribution in [3.05, 3.63) is 30.1 Å². The van der Waals surface area contributed by atoms with E-state index in [1.807, 2.05) is 0 Å². The van der Waals surface area contributed by atoms with Gasteiger partial charge in [0.1, 0.15) is 11.5 Å². The topological polar surface area (TPSA) is 93.6 Å². The molecule has 1 aromatic rings. The molecule has 0 bridgehead atoms. The largest absolute Gasteiger partial charge is 1.00 e. The van der Waals surface area contributed by atoms with E-state index >= 15 is 0 Å². The fraction of sp³-hybridized carbons (Fsp3) is 0.500. The summed E-state index contributed by atoms with van der Waals surface area (Å²) in [7, 11) is 0. The van der Waals surface area contributed by atoms with Gasteiger partial charge in [-0.2, -0.15) is 0 Å². The van der Waals surface area contributed by atoms with E-state index in [4.69, 9.17) is 0 Å². The number of rotatable bonds is 3. The Morgan fingerprint density at radius 2 is 2.22 bits per heavy atom. The summed E-state index contributed by atoms with van der Waals surface area (Å²) in [4.78, 5) is 29.2. The van der Waals surface area contributed by atoms with Crippen LogP contribution in [-0.4, -0.2) is 47.4 Å². The summed E-state index contributed by atoms with van der Waals surface area (Å²) in [5.74, 6) is -1.72. The zero-order chi connectivity index (χ0) is 16.3. The number of amides is 1. The van der Waals surface area contributed by atoms with Crippen LogP contribution in [-0.2, 0) is 9.59 Å². The van der Waals surface area contributed by atoms with E-state index in [-0.39, 0.29) is 29.6 Å². The molecular formula is C14H14BrN2NaO4S. The van der Waals surface area contributed by atoms with E-state index in [9.17, 15) is 19.8 Å². The van der Waals surface area contributed by atoms with Gasteiger partial charge < -0.3 is 19.9 Å².